The van der Waals surface area contributed by atoms with Crippen LogP contribution >= 0.6 is 0 Å². The second-order valence-corrected chi connectivity index (χ2v) is 4.54. The Morgan fingerprint density at radius 2 is 1.63 bits per heavy atom. The minimum Gasteiger partial charge on any atom is -0.381 e. The molecule has 0 atom stereocenters. The van der Waals surface area contributed by atoms with E-state index in [-0.39, 0.29) is 0 Å². The molecular formula is C15H16F2N2. The maximum absolute atomic E-state index is 13.0. The normalized spacial score (nSPS) is 10.3. The molecule has 19 heavy (non-hydrogen) atoms. The lowest BCUT2D eigenvalue weighted by molar-refractivity contribution is 0.507. The summed E-state index contributed by atoms with van der Waals surface area (Å²) in [6.45, 7) is 0.457. The number of halogens is 2. The molecule has 0 radical (unpaired) electrons. The van der Waals surface area contributed by atoms with Crippen molar-refractivity contribution in [3.8, 4) is 0 Å². The van der Waals surface area contributed by atoms with Gasteiger partial charge in [-0.1, -0.05) is 6.07 Å². The Hall–Kier alpha value is -2.10. The average molecular weight is 262 g/mol. The number of nitrogens with one attached hydrogen (secondary N) is 1. The minimum absolute atomic E-state index is 0.457. The van der Waals surface area contributed by atoms with Gasteiger partial charge in [0.2, 0.25) is 0 Å². The minimum atomic E-state index is -0.820. The highest BCUT2D eigenvalue weighted by Gasteiger charge is 2.02. The van der Waals surface area contributed by atoms with E-state index in [2.05, 4.69) is 5.32 Å². The van der Waals surface area contributed by atoms with E-state index in [1.54, 1.807) is 6.07 Å². The van der Waals surface area contributed by atoms with Gasteiger partial charge < -0.3 is 10.2 Å². The quantitative estimate of drug-likeness (QED) is 0.905. The van der Waals surface area contributed by atoms with Crippen LogP contribution in [-0.4, -0.2) is 14.1 Å². The van der Waals surface area contributed by atoms with Gasteiger partial charge in [-0.05, 0) is 42.0 Å². The maximum Gasteiger partial charge on any atom is 0.159 e. The Labute approximate surface area is 111 Å². The second kappa shape index (κ2) is 5.69. The van der Waals surface area contributed by atoms with Crippen LogP contribution in [0.5, 0.6) is 0 Å². The van der Waals surface area contributed by atoms with Gasteiger partial charge in [0.1, 0.15) is 0 Å². The first-order valence-electron chi connectivity index (χ1n) is 6.01. The van der Waals surface area contributed by atoms with Crippen LogP contribution in [-0.2, 0) is 6.54 Å². The molecule has 0 aliphatic rings. The van der Waals surface area contributed by atoms with E-state index < -0.39 is 11.6 Å². The Balaban J connectivity index is 2.00. The highest BCUT2D eigenvalue weighted by atomic mass is 19.2. The van der Waals surface area contributed by atoms with E-state index >= 15 is 0 Å². The highest BCUT2D eigenvalue weighted by molar-refractivity contribution is 5.54. The van der Waals surface area contributed by atoms with E-state index in [1.807, 2.05) is 43.3 Å². The van der Waals surface area contributed by atoms with Crippen LogP contribution in [0.2, 0.25) is 0 Å². The number of nitrogens with zero attached hydrogens (tertiary/aromatic N) is 1. The van der Waals surface area contributed by atoms with Crippen molar-refractivity contribution in [2.45, 2.75) is 6.54 Å². The molecule has 2 nitrogen and oxygen atoms in total. The highest BCUT2D eigenvalue weighted by Crippen LogP contribution is 2.17. The fourth-order valence-electron chi connectivity index (χ4n) is 1.73. The van der Waals surface area contributed by atoms with Gasteiger partial charge in [-0.3, -0.25) is 0 Å². The predicted octanol–water partition coefficient (Wildman–Crippen LogP) is 3.64. The van der Waals surface area contributed by atoms with Crippen molar-refractivity contribution >= 4 is 11.4 Å². The Morgan fingerprint density at radius 1 is 0.947 bits per heavy atom. The molecule has 0 aliphatic heterocycles. The molecule has 0 saturated carbocycles. The summed E-state index contributed by atoms with van der Waals surface area (Å²) in [7, 11) is 3.95. The van der Waals surface area contributed by atoms with Crippen LogP contribution < -0.4 is 10.2 Å². The van der Waals surface area contributed by atoms with Gasteiger partial charge in [0, 0.05) is 32.0 Å². The van der Waals surface area contributed by atoms with Gasteiger partial charge >= 0.3 is 0 Å². The van der Waals surface area contributed by atoms with Crippen LogP contribution in [0.25, 0.3) is 0 Å². The van der Waals surface area contributed by atoms with Crippen molar-refractivity contribution in [1.82, 2.24) is 0 Å². The fourth-order valence-corrected chi connectivity index (χ4v) is 1.73. The molecule has 0 spiro atoms. The maximum atomic E-state index is 13.0. The first kappa shape index (κ1) is 13.3. The van der Waals surface area contributed by atoms with E-state index in [0.29, 0.717) is 12.1 Å². The Morgan fingerprint density at radius 3 is 2.21 bits per heavy atom. The van der Waals surface area contributed by atoms with Crippen LogP contribution in [0.4, 0.5) is 20.2 Å². The van der Waals surface area contributed by atoms with Crippen LogP contribution in [0.3, 0.4) is 0 Å². The largest absolute Gasteiger partial charge is 0.381 e. The van der Waals surface area contributed by atoms with Gasteiger partial charge in [-0.2, -0.15) is 0 Å². The molecule has 2 aromatic rings. The predicted molar refractivity (Wildman–Crippen MR) is 74.5 cm³/mol. The monoisotopic (exact) mass is 262 g/mol. The zero-order valence-electron chi connectivity index (χ0n) is 11.0. The van der Waals surface area contributed by atoms with Gasteiger partial charge in [-0.25, -0.2) is 8.78 Å². The zero-order valence-corrected chi connectivity index (χ0v) is 11.0. The molecule has 1 N–H and O–H groups in total. The van der Waals surface area contributed by atoms with E-state index in [4.69, 9.17) is 0 Å². The van der Waals surface area contributed by atoms with E-state index in [1.165, 1.54) is 6.07 Å². The SMILES string of the molecule is CN(C)c1ccc(NCc2ccc(F)c(F)c2)cc1. The van der Waals surface area contributed by atoms with Crippen LogP contribution in [0.1, 0.15) is 5.56 Å². The molecule has 0 unspecified atom stereocenters. The molecule has 0 amide bonds. The fraction of sp³-hybridized carbons (Fsp3) is 0.200. The summed E-state index contributed by atoms with van der Waals surface area (Å²) in [6.07, 6.45) is 0. The Bertz CT molecular complexity index is 551. The van der Waals surface area contributed by atoms with Crippen molar-refractivity contribution in [3.63, 3.8) is 0 Å². The number of anilines is 2. The number of hydrogen-bond donors (Lipinski definition) is 1. The van der Waals surface area contributed by atoms with Crippen LogP contribution in [0.15, 0.2) is 42.5 Å². The molecular weight excluding hydrogens is 246 g/mol. The first-order chi connectivity index (χ1) is 9.06. The molecule has 2 rings (SSSR count). The summed E-state index contributed by atoms with van der Waals surface area (Å²) >= 11 is 0. The number of benzene rings is 2. The smallest absolute Gasteiger partial charge is 0.159 e. The molecule has 0 aromatic heterocycles. The summed E-state index contributed by atoms with van der Waals surface area (Å²) < 4.78 is 25.8. The van der Waals surface area contributed by atoms with Crippen molar-refractivity contribution in [2.75, 3.05) is 24.3 Å². The van der Waals surface area contributed by atoms with Gasteiger partial charge in [0.05, 0.1) is 0 Å². The third-order valence-corrected chi connectivity index (χ3v) is 2.86. The van der Waals surface area contributed by atoms with Crippen molar-refractivity contribution in [3.05, 3.63) is 59.7 Å². The summed E-state index contributed by atoms with van der Waals surface area (Å²) in [5.74, 6) is -1.64. The Kier molecular flexibility index (Phi) is 4.00. The molecule has 100 valence electrons. The summed E-state index contributed by atoms with van der Waals surface area (Å²) in [4.78, 5) is 2.01. The number of hydrogen-bond acceptors (Lipinski definition) is 2. The van der Waals surface area contributed by atoms with Crippen LogP contribution in [0, 0.1) is 11.6 Å². The molecule has 0 heterocycles. The van der Waals surface area contributed by atoms with Crippen molar-refractivity contribution in [1.29, 1.82) is 0 Å². The lowest BCUT2D eigenvalue weighted by atomic mass is 10.2. The van der Waals surface area contributed by atoms with Crippen molar-refractivity contribution in [2.24, 2.45) is 0 Å². The topological polar surface area (TPSA) is 15.3 Å². The average Bonchev–Trinajstić information content (AvgIpc) is 2.40. The lowest BCUT2D eigenvalue weighted by Gasteiger charge is -2.13. The molecule has 0 fully saturated rings. The van der Waals surface area contributed by atoms with Gasteiger partial charge in [0.25, 0.3) is 0 Å². The third kappa shape index (κ3) is 3.44. The van der Waals surface area contributed by atoms with Gasteiger partial charge in [-0.15, -0.1) is 0 Å². The standard InChI is InChI=1S/C15H16F2N2/c1-19(2)13-6-4-12(5-7-13)18-10-11-3-8-14(16)15(17)9-11/h3-9,18H,10H2,1-2H3. The van der Waals surface area contributed by atoms with Crippen molar-refractivity contribution < 1.29 is 8.78 Å². The molecule has 0 saturated heterocycles. The molecule has 0 bridgehead atoms. The molecule has 0 aliphatic carbocycles. The second-order valence-electron chi connectivity index (χ2n) is 4.54. The summed E-state index contributed by atoms with van der Waals surface area (Å²) in [5, 5.41) is 3.17. The van der Waals surface area contributed by atoms with Gasteiger partial charge in [0.15, 0.2) is 11.6 Å². The molecule has 2 aromatic carbocycles. The zero-order chi connectivity index (χ0) is 13.8. The molecule has 4 heteroatoms. The van der Waals surface area contributed by atoms with E-state index in [0.717, 1.165) is 17.4 Å². The third-order valence-electron chi connectivity index (χ3n) is 2.86. The first-order valence-corrected chi connectivity index (χ1v) is 6.01. The summed E-state index contributed by atoms with van der Waals surface area (Å²) in [6, 6.07) is 11.8. The lowest BCUT2D eigenvalue weighted by Crippen LogP contribution is -2.08. The van der Waals surface area contributed by atoms with E-state index in [9.17, 15) is 8.78 Å². The summed E-state index contributed by atoms with van der Waals surface area (Å²) in [5.41, 5.74) is 2.75. The number of rotatable bonds is 4.